The maximum Gasteiger partial charge on any atom is 0.257 e. The van der Waals surface area contributed by atoms with Gasteiger partial charge in [0.15, 0.2) is 0 Å². The molecule has 4 rings (SSSR count). The molecule has 0 N–H and O–H groups in total. The Labute approximate surface area is 158 Å². The summed E-state index contributed by atoms with van der Waals surface area (Å²) in [5.41, 5.74) is 2.76. The van der Waals surface area contributed by atoms with Crippen molar-refractivity contribution in [2.45, 2.75) is 32.0 Å². The van der Waals surface area contributed by atoms with Gasteiger partial charge in [-0.25, -0.2) is 0 Å². The summed E-state index contributed by atoms with van der Waals surface area (Å²) < 4.78 is 1.77. The molecule has 4 nitrogen and oxygen atoms in total. The Kier molecular flexibility index (Phi) is 4.76. The second-order valence-corrected chi connectivity index (χ2v) is 7.08. The minimum atomic E-state index is 0.0433. The zero-order valence-corrected chi connectivity index (χ0v) is 15.1. The van der Waals surface area contributed by atoms with E-state index in [4.69, 9.17) is 11.6 Å². The highest BCUT2D eigenvalue weighted by Gasteiger charge is 2.33. The molecular weight excluding hydrogens is 346 g/mol. The first-order valence-corrected chi connectivity index (χ1v) is 9.19. The molecular formula is C21H20ClN3O. The van der Waals surface area contributed by atoms with Crippen LogP contribution in [0.25, 0.3) is 0 Å². The highest BCUT2D eigenvalue weighted by Crippen LogP contribution is 2.30. The highest BCUT2D eigenvalue weighted by molar-refractivity contribution is 6.31. The number of benzene rings is 2. The minimum absolute atomic E-state index is 0.0433. The first-order chi connectivity index (χ1) is 12.7. The van der Waals surface area contributed by atoms with E-state index in [-0.39, 0.29) is 5.91 Å². The van der Waals surface area contributed by atoms with Gasteiger partial charge in [-0.2, -0.15) is 5.10 Å². The van der Waals surface area contributed by atoms with E-state index in [0.29, 0.717) is 29.7 Å². The maximum atomic E-state index is 13.0. The van der Waals surface area contributed by atoms with Crippen LogP contribution in [0.2, 0.25) is 5.02 Å². The summed E-state index contributed by atoms with van der Waals surface area (Å²) in [7, 11) is 0. The number of hydrogen-bond donors (Lipinski definition) is 0. The summed E-state index contributed by atoms with van der Waals surface area (Å²) in [6, 6.07) is 18.2. The van der Waals surface area contributed by atoms with E-state index in [1.165, 1.54) is 0 Å². The van der Waals surface area contributed by atoms with Gasteiger partial charge in [-0.05, 0) is 30.0 Å². The molecule has 1 aliphatic carbocycles. The van der Waals surface area contributed by atoms with Gasteiger partial charge >= 0.3 is 0 Å². The zero-order valence-electron chi connectivity index (χ0n) is 14.4. The number of carbonyl (C=O) groups is 1. The number of halogens is 1. The molecule has 0 radical (unpaired) electrons. The normalized spacial score (nSPS) is 13.6. The fourth-order valence-electron chi connectivity index (χ4n) is 3.06. The van der Waals surface area contributed by atoms with Gasteiger partial charge < -0.3 is 4.90 Å². The first-order valence-electron chi connectivity index (χ1n) is 8.81. The van der Waals surface area contributed by atoms with Crippen molar-refractivity contribution in [2.24, 2.45) is 0 Å². The van der Waals surface area contributed by atoms with Crippen LogP contribution in [0.4, 0.5) is 0 Å². The first kappa shape index (κ1) is 16.9. The van der Waals surface area contributed by atoms with Crippen LogP contribution in [-0.2, 0) is 13.1 Å². The topological polar surface area (TPSA) is 38.1 Å². The quantitative estimate of drug-likeness (QED) is 0.649. The molecule has 26 heavy (non-hydrogen) atoms. The predicted molar refractivity (Wildman–Crippen MR) is 102 cm³/mol. The lowest BCUT2D eigenvalue weighted by molar-refractivity contribution is 0.0730. The Hall–Kier alpha value is -2.59. The van der Waals surface area contributed by atoms with Crippen LogP contribution in [-0.4, -0.2) is 26.6 Å². The summed E-state index contributed by atoms with van der Waals surface area (Å²) in [4.78, 5) is 15.0. The number of nitrogens with zero attached hydrogens (tertiary/aromatic N) is 3. The monoisotopic (exact) mass is 365 g/mol. The summed E-state index contributed by atoms with van der Waals surface area (Å²) in [5.74, 6) is 0.0433. The van der Waals surface area contributed by atoms with Crippen molar-refractivity contribution >= 4 is 17.5 Å². The fourth-order valence-corrected chi connectivity index (χ4v) is 3.26. The molecule has 0 unspecified atom stereocenters. The van der Waals surface area contributed by atoms with Crippen molar-refractivity contribution < 1.29 is 4.79 Å². The van der Waals surface area contributed by atoms with E-state index in [1.807, 2.05) is 53.6 Å². The van der Waals surface area contributed by atoms with Gasteiger partial charge in [-0.3, -0.25) is 9.48 Å². The van der Waals surface area contributed by atoms with Crippen LogP contribution >= 0.6 is 11.6 Å². The standard InChI is InChI=1S/C21H20ClN3O/c22-20-9-5-4-8-17(20)14-24-15-18(12-23-24)21(26)25(19-10-11-19)13-16-6-2-1-3-7-16/h1-9,12,15,19H,10-11,13-14H2. The number of aromatic nitrogens is 2. The molecule has 0 saturated heterocycles. The maximum absolute atomic E-state index is 13.0. The third-order valence-corrected chi connectivity index (χ3v) is 4.98. The molecule has 1 aliphatic rings. The Morgan fingerprint density at radius 2 is 1.85 bits per heavy atom. The summed E-state index contributed by atoms with van der Waals surface area (Å²) >= 11 is 6.22. The molecule has 0 spiro atoms. The highest BCUT2D eigenvalue weighted by atomic mass is 35.5. The molecule has 0 aliphatic heterocycles. The molecule has 5 heteroatoms. The molecule has 2 aromatic carbocycles. The Bertz CT molecular complexity index is 902. The third-order valence-electron chi connectivity index (χ3n) is 4.61. The van der Waals surface area contributed by atoms with Crippen LogP contribution in [0.3, 0.4) is 0 Å². The lowest BCUT2D eigenvalue weighted by Crippen LogP contribution is -2.32. The molecule has 0 atom stereocenters. The van der Waals surface area contributed by atoms with Crippen molar-refractivity contribution in [1.82, 2.24) is 14.7 Å². The molecule has 132 valence electrons. The van der Waals surface area contributed by atoms with E-state index >= 15 is 0 Å². The number of hydrogen-bond acceptors (Lipinski definition) is 2. The third kappa shape index (κ3) is 3.81. The molecule has 1 fully saturated rings. The van der Waals surface area contributed by atoms with Crippen LogP contribution in [0.5, 0.6) is 0 Å². The van der Waals surface area contributed by atoms with Crippen molar-refractivity contribution in [2.75, 3.05) is 0 Å². The van der Waals surface area contributed by atoms with E-state index in [1.54, 1.807) is 10.9 Å². The summed E-state index contributed by atoms with van der Waals surface area (Å²) in [6.45, 7) is 1.19. The molecule has 3 aromatic rings. The van der Waals surface area contributed by atoms with E-state index in [0.717, 1.165) is 24.0 Å². The van der Waals surface area contributed by atoms with Crippen molar-refractivity contribution in [3.05, 3.63) is 88.7 Å². The minimum Gasteiger partial charge on any atom is -0.331 e. The molecule has 0 bridgehead atoms. The second-order valence-electron chi connectivity index (χ2n) is 6.67. The van der Waals surface area contributed by atoms with Gasteiger partial charge in [0.2, 0.25) is 0 Å². The van der Waals surface area contributed by atoms with Gasteiger partial charge in [-0.1, -0.05) is 60.1 Å². The van der Waals surface area contributed by atoms with Crippen LogP contribution in [0, 0.1) is 0 Å². The van der Waals surface area contributed by atoms with Gasteiger partial charge in [0, 0.05) is 23.8 Å². The SMILES string of the molecule is O=C(c1cnn(Cc2ccccc2Cl)c1)N(Cc1ccccc1)C1CC1. The second kappa shape index (κ2) is 7.34. The lowest BCUT2D eigenvalue weighted by Gasteiger charge is -2.22. The number of amides is 1. The predicted octanol–water partition coefficient (Wildman–Crippen LogP) is 4.39. The Morgan fingerprint density at radius 3 is 2.58 bits per heavy atom. The average Bonchev–Trinajstić information content (AvgIpc) is 3.40. The Balaban J connectivity index is 1.50. The molecule has 1 saturated carbocycles. The van der Waals surface area contributed by atoms with Gasteiger partial charge in [0.25, 0.3) is 5.91 Å². The summed E-state index contributed by atoms with van der Waals surface area (Å²) in [6.07, 6.45) is 5.62. The van der Waals surface area contributed by atoms with Crippen molar-refractivity contribution in [3.63, 3.8) is 0 Å². The lowest BCUT2D eigenvalue weighted by atomic mass is 10.2. The zero-order chi connectivity index (χ0) is 17.9. The fraction of sp³-hybridized carbons (Fsp3) is 0.238. The van der Waals surface area contributed by atoms with Crippen LogP contribution < -0.4 is 0 Å². The van der Waals surface area contributed by atoms with E-state index < -0.39 is 0 Å². The van der Waals surface area contributed by atoms with E-state index in [9.17, 15) is 4.79 Å². The molecule has 1 amide bonds. The molecule has 1 heterocycles. The number of carbonyl (C=O) groups excluding carboxylic acids is 1. The van der Waals surface area contributed by atoms with Crippen LogP contribution in [0.1, 0.15) is 34.3 Å². The van der Waals surface area contributed by atoms with Gasteiger partial charge in [0.1, 0.15) is 0 Å². The van der Waals surface area contributed by atoms with Crippen LogP contribution in [0.15, 0.2) is 67.0 Å². The van der Waals surface area contributed by atoms with E-state index in [2.05, 4.69) is 17.2 Å². The van der Waals surface area contributed by atoms with Crippen molar-refractivity contribution in [1.29, 1.82) is 0 Å². The van der Waals surface area contributed by atoms with Gasteiger partial charge in [-0.15, -0.1) is 0 Å². The van der Waals surface area contributed by atoms with Gasteiger partial charge in [0.05, 0.1) is 18.3 Å². The molecule has 1 aromatic heterocycles. The number of rotatable bonds is 6. The smallest absolute Gasteiger partial charge is 0.257 e. The largest absolute Gasteiger partial charge is 0.331 e. The van der Waals surface area contributed by atoms with Crippen molar-refractivity contribution in [3.8, 4) is 0 Å². The summed E-state index contributed by atoms with van der Waals surface area (Å²) in [5, 5.41) is 5.06. The average molecular weight is 366 g/mol. The Morgan fingerprint density at radius 1 is 1.12 bits per heavy atom.